The maximum absolute atomic E-state index is 10.2. The van der Waals surface area contributed by atoms with E-state index in [-0.39, 0.29) is 6.10 Å². The van der Waals surface area contributed by atoms with Crippen LogP contribution in [0, 0.1) is 0 Å². The first-order valence-corrected chi connectivity index (χ1v) is 8.04. The summed E-state index contributed by atoms with van der Waals surface area (Å²) < 4.78 is 0. The molecule has 1 aliphatic carbocycles. The molecular formula is C16H23ClN2O. The van der Waals surface area contributed by atoms with E-state index in [0.717, 1.165) is 44.0 Å². The van der Waals surface area contributed by atoms with Crippen molar-refractivity contribution in [1.29, 1.82) is 0 Å². The van der Waals surface area contributed by atoms with E-state index in [1.54, 1.807) is 0 Å². The Morgan fingerprint density at radius 2 is 1.80 bits per heavy atom. The first kappa shape index (κ1) is 14.2. The Morgan fingerprint density at radius 3 is 2.50 bits per heavy atom. The number of hydrogen-bond donors (Lipinski definition) is 1. The van der Waals surface area contributed by atoms with Gasteiger partial charge in [0.05, 0.1) is 6.10 Å². The van der Waals surface area contributed by atoms with Crippen LogP contribution < -0.4 is 4.90 Å². The Hall–Kier alpha value is -0.770. The molecule has 1 aromatic carbocycles. The van der Waals surface area contributed by atoms with Gasteiger partial charge in [-0.25, -0.2) is 0 Å². The Balaban J connectivity index is 1.59. The SMILES string of the molecule is O[C@@H]1CCCC[C@H]1N1CCN(c2cccc(Cl)c2)CC1. The van der Waals surface area contributed by atoms with Crippen LogP contribution in [0.4, 0.5) is 5.69 Å². The Labute approximate surface area is 126 Å². The third kappa shape index (κ3) is 3.11. The Bertz CT molecular complexity index is 446. The lowest BCUT2D eigenvalue weighted by Gasteiger charge is -2.43. The molecule has 1 heterocycles. The van der Waals surface area contributed by atoms with E-state index in [1.807, 2.05) is 18.2 Å². The number of rotatable bonds is 2. The first-order valence-electron chi connectivity index (χ1n) is 7.67. The summed E-state index contributed by atoms with van der Waals surface area (Å²) in [6.45, 7) is 4.11. The zero-order valence-corrected chi connectivity index (χ0v) is 12.6. The molecule has 2 atom stereocenters. The molecule has 0 spiro atoms. The molecule has 2 aliphatic rings. The van der Waals surface area contributed by atoms with Crippen LogP contribution in [0.1, 0.15) is 25.7 Å². The van der Waals surface area contributed by atoms with Crippen molar-refractivity contribution in [3.8, 4) is 0 Å². The largest absolute Gasteiger partial charge is 0.391 e. The summed E-state index contributed by atoms with van der Waals surface area (Å²) in [5.74, 6) is 0. The van der Waals surface area contributed by atoms with E-state index in [9.17, 15) is 5.11 Å². The van der Waals surface area contributed by atoms with Crippen molar-refractivity contribution < 1.29 is 5.11 Å². The van der Waals surface area contributed by atoms with Crippen LogP contribution >= 0.6 is 11.6 Å². The number of hydrogen-bond acceptors (Lipinski definition) is 3. The quantitative estimate of drug-likeness (QED) is 0.908. The lowest BCUT2D eigenvalue weighted by atomic mass is 9.91. The van der Waals surface area contributed by atoms with E-state index in [4.69, 9.17) is 11.6 Å². The van der Waals surface area contributed by atoms with Gasteiger partial charge in [0.2, 0.25) is 0 Å². The van der Waals surface area contributed by atoms with Gasteiger partial charge in [0.15, 0.2) is 0 Å². The number of aliphatic hydroxyl groups excluding tert-OH is 1. The van der Waals surface area contributed by atoms with Gasteiger partial charge in [0.1, 0.15) is 0 Å². The average Bonchev–Trinajstić information content (AvgIpc) is 2.48. The van der Waals surface area contributed by atoms with E-state index < -0.39 is 0 Å². The number of aliphatic hydroxyl groups is 1. The first-order chi connectivity index (χ1) is 9.74. The van der Waals surface area contributed by atoms with Crippen molar-refractivity contribution >= 4 is 17.3 Å². The monoisotopic (exact) mass is 294 g/mol. The minimum absolute atomic E-state index is 0.124. The van der Waals surface area contributed by atoms with E-state index >= 15 is 0 Å². The maximum atomic E-state index is 10.2. The molecule has 0 radical (unpaired) electrons. The van der Waals surface area contributed by atoms with Gasteiger partial charge in [-0.05, 0) is 31.0 Å². The van der Waals surface area contributed by atoms with Gasteiger partial charge in [-0.1, -0.05) is 30.5 Å². The van der Waals surface area contributed by atoms with Crippen molar-refractivity contribution in [2.75, 3.05) is 31.1 Å². The summed E-state index contributed by atoms with van der Waals surface area (Å²) in [6.07, 6.45) is 4.44. The van der Waals surface area contributed by atoms with Crippen molar-refractivity contribution in [2.24, 2.45) is 0 Å². The normalized spacial score (nSPS) is 28.6. The van der Waals surface area contributed by atoms with Crippen molar-refractivity contribution in [3.63, 3.8) is 0 Å². The number of anilines is 1. The fourth-order valence-electron chi connectivity index (χ4n) is 3.50. The lowest BCUT2D eigenvalue weighted by molar-refractivity contribution is 0.0173. The van der Waals surface area contributed by atoms with Crippen molar-refractivity contribution in [2.45, 2.75) is 37.8 Å². The van der Waals surface area contributed by atoms with Crippen molar-refractivity contribution in [3.05, 3.63) is 29.3 Å². The predicted molar refractivity (Wildman–Crippen MR) is 83.5 cm³/mol. The highest BCUT2D eigenvalue weighted by molar-refractivity contribution is 6.30. The molecule has 0 aromatic heterocycles. The van der Waals surface area contributed by atoms with E-state index in [2.05, 4.69) is 15.9 Å². The topological polar surface area (TPSA) is 26.7 Å². The summed E-state index contributed by atoms with van der Waals surface area (Å²) in [5, 5.41) is 11.0. The highest BCUT2D eigenvalue weighted by Gasteiger charge is 2.30. The van der Waals surface area contributed by atoms with Gasteiger partial charge in [0, 0.05) is 42.9 Å². The third-order valence-corrected chi connectivity index (χ3v) is 4.89. The lowest BCUT2D eigenvalue weighted by Crippen LogP contribution is -2.54. The molecule has 3 rings (SSSR count). The average molecular weight is 295 g/mol. The van der Waals surface area contributed by atoms with Gasteiger partial charge in [-0.3, -0.25) is 4.90 Å². The highest BCUT2D eigenvalue weighted by atomic mass is 35.5. The minimum atomic E-state index is -0.124. The molecule has 110 valence electrons. The summed E-state index contributed by atoms with van der Waals surface area (Å²) in [4.78, 5) is 4.86. The number of piperazine rings is 1. The molecule has 20 heavy (non-hydrogen) atoms. The molecule has 4 heteroatoms. The molecule has 0 unspecified atom stereocenters. The van der Waals surface area contributed by atoms with Gasteiger partial charge < -0.3 is 10.0 Å². The highest BCUT2D eigenvalue weighted by Crippen LogP contribution is 2.26. The van der Waals surface area contributed by atoms with Gasteiger partial charge in [-0.15, -0.1) is 0 Å². The smallest absolute Gasteiger partial charge is 0.0695 e. The van der Waals surface area contributed by atoms with Crippen molar-refractivity contribution in [1.82, 2.24) is 4.90 Å². The molecule has 3 nitrogen and oxygen atoms in total. The molecule has 2 fully saturated rings. The zero-order chi connectivity index (χ0) is 13.9. The summed E-state index contributed by atoms with van der Waals surface area (Å²) >= 11 is 6.06. The fraction of sp³-hybridized carbons (Fsp3) is 0.625. The molecular weight excluding hydrogens is 272 g/mol. The standard InChI is InChI=1S/C16H23ClN2O/c17-13-4-3-5-14(12-13)18-8-10-19(11-9-18)15-6-1-2-7-16(15)20/h3-5,12,15-16,20H,1-2,6-11H2/t15-,16-/m1/s1. The number of benzene rings is 1. The van der Waals surface area contributed by atoms with Crippen LogP contribution in [0.5, 0.6) is 0 Å². The van der Waals surface area contributed by atoms with Crippen LogP contribution in [0.2, 0.25) is 5.02 Å². The van der Waals surface area contributed by atoms with Crippen LogP contribution in [-0.2, 0) is 0 Å². The van der Waals surface area contributed by atoms with Crippen LogP contribution in [-0.4, -0.2) is 48.3 Å². The fourth-order valence-corrected chi connectivity index (χ4v) is 3.69. The second kappa shape index (κ2) is 6.33. The minimum Gasteiger partial charge on any atom is -0.391 e. The molecule has 1 aliphatic heterocycles. The molecule has 0 amide bonds. The second-order valence-corrected chi connectivity index (χ2v) is 6.36. The Kier molecular flexibility index (Phi) is 4.49. The predicted octanol–water partition coefficient (Wildman–Crippen LogP) is 2.77. The summed E-state index contributed by atoms with van der Waals surface area (Å²) in [5.41, 5.74) is 1.21. The van der Waals surface area contributed by atoms with Gasteiger partial charge in [0.25, 0.3) is 0 Å². The van der Waals surface area contributed by atoms with Crippen LogP contribution in [0.25, 0.3) is 0 Å². The van der Waals surface area contributed by atoms with Gasteiger partial charge in [-0.2, -0.15) is 0 Å². The Morgan fingerprint density at radius 1 is 1.05 bits per heavy atom. The molecule has 1 aromatic rings. The molecule has 1 saturated heterocycles. The van der Waals surface area contributed by atoms with Crippen LogP contribution in [0.3, 0.4) is 0 Å². The van der Waals surface area contributed by atoms with E-state index in [1.165, 1.54) is 18.5 Å². The molecule has 1 saturated carbocycles. The zero-order valence-electron chi connectivity index (χ0n) is 11.8. The molecule has 1 N–H and O–H groups in total. The van der Waals surface area contributed by atoms with E-state index in [0.29, 0.717) is 6.04 Å². The summed E-state index contributed by atoms with van der Waals surface area (Å²) in [6, 6.07) is 8.46. The van der Waals surface area contributed by atoms with Crippen LogP contribution in [0.15, 0.2) is 24.3 Å². The number of nitrogens with zero attached hydrogens (tertiary/aromatic N) is 2. The molecule has 0 bridgehead atoms. The number of halogens is 1. The maximum Gasteiger partial charge on any atom is 0.0695 e. The second-order valence-electron chi connectivity index (χ2n) is 5.92. The third-order valence-electron chi connectivity index (χ3n) is 4.65. The summed E-state index contributed by atoms with van der Waals surface area (Å²) in [7, 11) is 0. The van der Waals surface area contributed by atoms with Gasteiger partial charge >= 0.3 is 0 Å².